The van der Waals surface area contributed by atoms with E-state index in [1.807, 2.05) is 18.2 Å². The first-order valence-corrected chi connectivity index (χ1v) is 6.85. The zero-order valence-corrected chi connectivity index (χ0v) is 11.9. The summed E-state index contributed by atoms with van der Waals surface area (Å²) in [4.78, 5) is 0. The van der Waals surface area contributed by atoms with Gasteiger partial charge in [-0.1, -0.05) is 18.9 Å². The third kappa shape index (κ3) is 2.25. The normalized spacial score (nSPS) is 19.2. The topological polar surface area (TPSA) is 53.2 Å². The highest BCUT2D eigenvalue weighted by molar-refractivity contribution is 9.10. The molecule has 1 aromatic rings. The fourth-order valence-corrected chi connectivity index (χ4v) is 3.18. The van der Waals surface area contributed by atoms with E-state index in [1.54, 1.807) is 7.11 Å². The van der Waals surface area contributed by atoms with Gasteiger partial charge >= 0.3 is 0 Å². The zero-order valence-electron chi connectivity index (χ0n) is 10.3. The number of aliphatic hydroxyl groups is 1. The minimum absolute atomic E-state index is 0.617. The molecular weight excluding hydrogens is 294 g/mol. The van der Waals surface area contributed by atoms with Gasteiger partial charge in [-0.05, 0) is 46.5 Å². The van der Waals surface area contributed by atoms with Crippen molar-refractivity contribution in [2.24, 2.45) is 5.41 Å². The number of rotatable bonds is 3. The van der Waals surface area contributed by atoms with Gasteiger partial charge in [-0.3, -0.25) is 0 Å². The van der Waals surface area contributed by atoms with E-state index in [9.17, 15) is 10.4 Å². The van der Waals surface area contributed by atoms with Crippen LogP contribution in [0.2, 0.25) is 0 Å². The number of aliphatic hydroxyl groups excluding tert-OH is 1. The Morgan fingerprint density at radius 3 is 2.61 bits per heavy atom. The number of nitrogens with zero attached hydrogens (tertiary/aromatic N) is 1. The molecule has 1 aromatic carbocycles. The first-order chi connectivity index (χ1) is 8.63. The van der Waals surface area contributed by atoms with Crippen molar-refractivity contribution in [2.45, 2.75) is 31.8 Å². The second kappa shape index (κ2) is 5.29. The van der Waals surface area contributed by atoms with Crippen LogP contribution in [0.3, 0.4) is 0 Å². The summed E-state index contributed by atoms with van der Waals surface area (Å²) in [6.45, 7) is 0. The molecule has 1 unspecified atom stereocenters. The molecular formula is C14H16BrNO2. The van der Waals surface area contributed by atoms with Gasteiger partial charge in [0.25, 0.3) is 0 Å². The van der Waals surface area contributed by atoms with Gasteiger partial charge in [0.05, 0.1) is 29.2 Å². The van der Waals surface area contributed by atoms with Gasteiger partial charge < -0.3 is 9.84 Å². The largest absolute Gasteiger partial charge is 0.496 e. The van der Waals surface area contributed by atoms with Crippen LogP contribution in [0.4, 0.5) is 0 Å². The van der Waals surface area contributed by atoms with E-state index >= 15 is 0 Å². The van der Waals surface area contributed by atoms with Gasteiger partial charge in [0.15, 0.2) is 0 Å². The number of halogens is 1. The standard InChI is InChI=1S/C14H16BrNO2/c1-18-12-5-4-10(8-11(12)15)13(17)14(9-16)6-2-3-7-14/h4-5,8,13,17H,2-3,6-7H2,1H3. The van der Waals surface area contributed by atoms with Crippen molar-refractivity contribution in [2.75, 3.05) is 7.11 Å². The third-order valence-corrected chi connectivity index (χ3v) is 4.35. The monoisotopic (exact) mass is 309 g/mol. The molecule has 1 fully saturated rings. The molecule has 0 aliphatic heterocycles. The van der Waals surface area contributed by atoms with Crippen molar-refractivity contribution in [1.82, 2.24) is 0 Å². The molecule has 0 amide bonds. The van der Waals surface area contributed by atoms with Crippen LogP contribution in [-0.4, -0.2) is 12.2 Å². The molecule has 1 aliphatic carbocycles. The van der Waals surface area contributed by atoms with Crippen LogP contribution in [0.15, 0.2) is 22.7 Å². The smallest absolute Gasteiger partial charge is 0.133 e. The van der Waals surface area contributed by atoms with Crippen molar-refractivity contribution in [3.8, 4) is 11.8 Å². The van der Waals surface area contributed by atoms with E-state index < -0.39 is 11.5 Å². The second-order valence-corrected chi connectivity index (χ2v) is 5.63. The van der Waals surface area contributed by atoms with Gasteiger partial charge in [-0.2, -0.15) is 5.26 Å². The Kier molecular flexibility index (Phi) is 3.94. The maximum Gasteiger partial charge on any atom is 0.133 e. The summed E-state index contributed by atoms with van der Waals surface area (Å²) in [5.74, 6) is 0.725. The van der Waals surface area contributed by atoms with Crippen LogP contribution in [0.25, 0.3) is 0 Å². The molecule has 0 radical (unpaired) electrons. The van der Waals surface area contributed by atoms with Crippen LogP contribution < -0.4 is 4.74 Å². The van der Waals surface area contributed by atoms with Crippen LogP contribution in [0.5, 0.6) is 5.75 Å². The molecule has 96 valence electrons. The van der Waals surface area contributed by atoms with Crippen molar-refractivity contribution in [1.29, 1.82) is 5.26 Å². The zero-order chi connectivity index (χ0) is 13.2. The highest BCUT2D eigenvalue weighted by atomic mass is 79.9. The molecule has 0 heterocycles. The predicted molar refractivity (Wildman–Crippen MR) is 72.2 cm³/mol. The Morgan fingerprint density at radius 1 is 1.44 bits per heavy atom. The van der Waals surface area contributed by atoms with Gasteiger partial charge in [0.2, 0.25) is 0 Å². The van der Waals surface area contributed by atoms with E-state index in [0.29, 0.717) is 0 Å². The number of ether oxygens (including phenoxy) is 1. The van der Waals surface area contributed by atoms with Gasteiger partial charge in [0, 0.05) is 0 Å². The van der Waals surface area contributed by atoms with Gasteiger partial charge in [-0.25, -0.2) is 0 Å². The lowest BCUT2D eigenvalue weighted by molar-refractivity contribution is 0.0670. The van der Waals surface area contributed by atoms with Crippen LogP contribution in [-0.2, 0) is 0 Å². The molecule has 4 heteroatoms. The average Bonchev–Trinajstić information content (AvgIpc) is 2.87. The van der Waals surface area contributed by atoms with E-state index in [0.717, 1.165) is 41.5 Å². The molecule has 1 saturated carbocycles. The number of methoxy groups -OCH3 is 1. The summed E-state index contributed by atoms with van der Waals surface area (Å²) in [5.41, 5.74) is 0.153. The van der Waals surface area contributed by atoms with Crippen LogP contribution >= 0.6 is 15.9 Å². The minimum atomic E-state index is -0.729. The van der Waals surface area contributed by atoms with Gasteiger partial charge in [-0.15, -0.1) is 0 Å². The summed E-state index contributed by atoms with van der Waals surface area (Å²) in [7, 11) is 1.60. The Bertz CT molecular complexity index is 475. The molecule has 0 spiro atoms. The Labute approximate surface area is 116 Å². The summed E-state index contributed by atoms with van der Waals surface area (Å²) in [6, 6.07) is 7.79. The number of benzene rings is 1. The molecule has 18 heavy (non-hydrogen) atoms. The second-order valence-electron chi connectivity index (χ2n) is 4.77. The summed E-state index contributed by atoms with van der Waals surface area (Å²) in [5, 5.41) is 19.8. The van der Waals surface area contributed by atoms with Crippen LogP contribution in [0, 0.1) is 16.7 Å². The molecule has 0 saturated heterocycles. The minimum Gasteiger partial charge on any atom is -0.496 e. The lowest BCUT2D eigenvalue weighted by atomic mass is 9.79. The lowest BCUT2D eigenvalue weighted by Crippen LogP contribution is -2.23. The molecule has 0 aromatic heterocycles. The molecule has 1 atom stereocenters. The van der Waals surface area contributed by atoms with Crippen molar-refractivity contribution in [3.05, 3.63) is 28.2 Å². The highest BCUT2D eigenvalue weighted by Gasteiger charge is 2.41. The van der Waals surface area contributed by atoms with E-state index in [1.165, 1.54) is 0 Å². The van der Waals surface area contributed by atoms with E-state index in [2.05, 4.69) is 22.0 Å². The maximum absolute atomic E-state index is 10.5. The quantitative estimate of drug-likeness (QED) is 0.928. The van der Waals surface area contributed by atoms with Crippen LogP contribution in [0.1, 0.15) is 37.4 Å². The predicted octanol–water partition coefficient (Wildman–Crippen LogP) is 3.58. The summed E-state index contributed by atoms with van der Waals surface area (Å²) >= 11 is 3.40. The van der Waals surface area contributed by atoms with E-state index in [-0.39, 0.29) is 0 Å². The summed E-state index contributed by atoms with van der Waals surface area (Å²) in [6.07, 6.45) is 2.85. The average molecular weight is 310 g/mol. The van der Waals surface area contributed by atoms with Crippen molar-refractivity contribution in [3.63, 3.8) is 0 Å². The fraction of sp³-hybridized carbons (Fsp3) is 0.500. The molecule has 2 rings (SSSR count). The van der Waals surface area contributed by atoms with E-state index in [4.69, 9.17) is 4.74 Å². The Hall–Kier alpha value is -1.05. The number of hydrogen-bond donors (Lipinski definition) is 1. The maximum atomic E-state index is 10.5. The Balaban J connectivity index is 2.31. The van der Waals surface area contributed by atoms with Gasteiger partial charge in [0.1, 0.15) is 5.75 Å². The first-order valence-electron chi connectivity index (χ1n) is 6.06. The number of nitriles is 1. The highest BCUT2D eigenvalue weighted by Crippen LogP contribution is 2.47. The fourth-order valence-electron chi connectivity index (χ4n) is 2.62. The Morgan fingerprint density at radius 2 is 2.11 bits per heavy atom. The SMILES string of the molecule is COc1ccc(C(O)C2(C#N)CCCC2)cc1Br. The molecule has 1 N–H and O–H groups in total. The number of hydrogen-bond acceptors (Lipinski definition) is 3. The van der Waals surface area contributed by atoms with Crippen molar-refractivity contribution >= 4 is 15.9 Å². The third-order valence-electron chi connectivity index (χ3n) is 3.73. The lowest BCUT2D eigenvalue weighted by Gasteiger charge is -2.27. The summed E-state index contributed by atoms with van der Waals surface area (Å²) < 4.78 is 5.96. The molecule has 1 aliphatic rings. The first kappa shape index (κ1) is 13.4. The molecule has 0 bridgehead atoms. The van der Waals surface area contributed by atoms with Crippen molar-refractivity contribution < 1.29 is 9.84 Å². The molecule has 3 nitrogen and oxygen atoms in total.